The Balaban J connectivity index is 0.00000272. The number of rotatable bonds is 2. The van der Waals surface area contributed by atoms with Crippen molar-refractivity contribution in [2.75, 3.05) is 7.11 Å². The van der Waals surface area contributed by atoms with Crippen molar-refractivity contribution in [1.29, 1.82) is 0 Å². The first-order valence-corrected chi connectivity index (χ1v) is 11.0. The fourth-order valence-electron chi connectivity index (χ4n) is 7.75. The minimum atomic E-state index is -1.59. The van der Waals surface area contributed by atoms with Crippen LogP contribution in [0.3, 0.4) is 0 Å². The predicted molar refractivity (Wildman–Crippen MR) is 112 cm³/mol. The molecule has 0 aromatic heterocycles. The molecule has 4 aliphatic rings. The van der Waals surface area contributed by atoms with Crippen molar-refractivity contribution in [3.8, 4) is 0 Å². The summed E-state index contributed by atoms with van der Waals surface area (Å²) in [5, 5.41) is 45.8. The summed E-state index contributed by atoms with van der Waals surface area (Å²) in [4.78, 5) is 12.1. The summed E-state index contributed by atoms with van der Waals surface area (Å²) in [6, 6.07) is 0. The Morgan fingerprint density at radius 2 is 1.74 bits per heavy atom. The second kappa shape index (κ2) is 7.23. The topological polar surface area (TPSA) is 148 Å². The van der Waals surface area contributed by atoms with E-state index in [4.69, 9.17) is 9.47 Å². The van der Waals surface area contributed by atoms with E-state index >= 15 is 0 Å². The molecule has 4 aliphatic carbocycles. The molecule has 8 nitrogen and oxygen atoms in total. The summed E-state index contributed by atoms with van der Waals surface area (Å²) in [6.07, 6.45) is -1.51. The molecular weight excluding hydrogens is 404 g/mol. The molecule has 178 valence electrons. The van der Waals surface area contributed by atoms with E-state index in [-0.39, 0.29) is 17.8 Å². The van der Waals surface area contributed by atoms with E-state index in [0.717, 1.165) is 11.1 Å². The molecule has 0 unspecified atom stereocenters. The van der Waals surface area contributed by atoms with E-state index in [1.807, 2.05) is 6.92 Å². The van der Waals surface area contributed by atoms with Gasteiger partial charge < -0.3 is 35.4 Å². The van der Waals surface area contributed by atoms with Gasteiger partial charge >= 0.3 is 5.97 Å². The van der Waals surface area contributed by atoms with Crippen molar-refractivity contribution >= 4 is 5.97 Å². The van der Waals surface area contributed by atoms with Gasteiger partial charge in [-0.1, -0.05) is 25.0 Å². The molecule has 0 heterocycles. The predicted octanol–water partition coefficient (Wildman–Crippen LogP) is 0.489. The molecule has 31 heavy (non-hydrogen) atoms. The third-order valence-corrected chi connectivity index (χ3v) is 9.17. The Morgan fingerprint density at radius 1 is 1.13 bits per heavy atom. The Morgan fingerprint density at radius 3 is 2.29 bits per heavy atom. The molecule has 0 aromatic rings. The Labute approximate surface area is 183 Å². The van der Waals surface area contributed by atoms with Gasteiger partial charge in [0, 0.05) is 36.7 Å². The Kier molecular flexibility index (Phi) is 5.74. The van der Waals surface area contributed by atoms with E-state index in [2.05, 4.69) is 0 Å². The Bertz CT molecular complexity index is 788. The molecule has 0 amide bonds. The zero-order chi connectivity index (χ0) is 22.4. The van der Waals surface area contributed by atoms with Gasteiger partial charge in [0.05, 0.1) is 23.9 Å². The van der Waals surface area contributed by atoms with E-state index in [0.29, 0.717) is 19.3 Å². The molecular formula is C23H38O8. The van der Waals surface area contributed by atoms with Crippen LogP contribution in [-0.2, 0) is 14.3 Å². The fraction of sp³-hybridized carbons (Fsp3) is 0.870. The van der Waals surface area contributed by atoms with Gasteiger partial charge in [-0.25, -0.2) is 0 Å². The largest absolute Gasteiger partial charge is 0.459 e. The fourth-order valence-corrected chi connectivity index (χ4v) is 7.75. The van der Waals surface area contributed by atoms with Gasteiger partial charge in [0.15, 0.2) is 0 Å². The number of hydrogen-bond acceptors (Lipinski definition) is 7. The smallest absolute Gasteiger partial charge is 0.303 e. The first-order valence-electron chi connectivity index (χ1n) is 11.0. The monoisotopic (exact) mass is 442 g/mol. The molecule has 0 saturated heterocycles. The summed E-state index contributed by atoms with van der Waals surface area (Å²) >= 11 is 0. The van der Waals surface area contributed by atoms with Gasteiger partial charge in [-0.05, 0) is 39.5 Å². The molecule has 0 aromatic carbocycles. The lowest BCUT2D eigenvalue weighted by atomic mass is 9.64. The molecule has 9 atom stereocenters. The SMILES string of the molecule is CO[C@@H]1[C@H]2C(C)=C3CC[C@@H]4[C@@H](O)[C@@]3(C[C@@H](OC(C)=O)[C@]2(O)C(C)(C)[C@H]1O)C[C@@]4(C)O.O. The third-order valence-electron chi connectivity index (χ3n) is 9.17. The van der Waals surface area contributed by atoms with Crippen LogP contribution in [0.5, 0.6) is 0 Å². The molecule has 3 saturated carbocycles. The van der Waals surface area contributed by atoms with Crippen LogP contribution in [0, 0.1) is 22.7 Å². The molecule has 0 aliphatic heterocycles. The highest BCUT2D eigenvalue weighted by atomic mass is 16.6. The lowest BCUT2D eigenvalue weighted by Gasteiger charge is -2.47. The van der Waals surface area contributed by atoms with Crippen LogP contribution in [0.25, 0.3) is 0 Å². The first-order chi connectivity index (χ1) is 13.8. The minimum Gasteiger partial charge on any atom is -0.459 e. The van der Waals surface area contributed by atoms with Crippen LogP contribution in [0.2, 0.25) is 0 Å². The molecule has 3 fully saturated rings. The third kappa shape index (κ3) is 2.85. The maximum atomic E-state index is 12.3. The summed E-state index contributed by atoms with van der Waals surface area (Å²) in [5.74, 6) is -1.39. The van der Waals surface area contributed by atoms with Gasteiger partial charge in [0.1, 0.15) is 11.7 Å². The standard InChI is InChI=1S/C23H36O7.H2O/c1-11-13-7-8-14-18(25)22(13,10-21(14,5)27)9-15(30-12(2)24)23(28)16(11)17(29-6)19(26)20(23,3)4;/h14-19,25-28H,7-10H2,1-6H3;1H2/t14-,15-,16-,17-,18-,19+,21-,22+,23-;/m1./s1. The maximum Gasteiger partial charge on any atom is 0.303 e. The number of aliphatic hydroxyl groups is 4. The molecule has 8 heteroatoms. The number of ether oxygens (including phenoxy) is 2. The lowest BCUT2D eigenvalue weighted by molar-refractivity contribution is -0.198. The summed E-state index contributed by atoms with van der Waals surface area (Å²) in [5.41, 5.74) is -2.56. The molecule has 6 N–H and O–H groups in total. The van der Waals surface area contributed by atoms with E-state index < -0.39 is 58.3 Å². The molecule has 1 spiro atoms. The quantitative estimate of drug-likeness (QED) is 0.359. The first kappa shape index (κ1) is 24.6. The number of methoxy groups -OCH3 is 1. The molecule has 4 rings (SSSR count). The van der Waals surface area contributed by atoms with Crippen LogP contribution in [-0.4, -0.2) is 74.6 Å². The van der Waals surface area contributed by atoms with Crippen molar-refractivity contribution in [3.05, 3.63) is 11.1 Å². The van der Waals surface area contributed by atoms with Crippen molar-refractivity contribution in [3.63, 3.8) is 0 Å². The minimum absolute atomic E-state index is 0. The highest BCUT2D eigenvalue weighted by Crippen LogP contribution is 2.67. The van der Waals surface area contributed by atoms with Gasteiger partial charge in [-0.3, -0.25) is 4.79 Å². The van der Waals surface area contributed by atoms with Gasteiger partial charge in [-0.2, -0.15) is 0 Å². The Hall–Kier alpha value is -1.03. The average Bonchev–Trinajstić information content (AvgIpc) is 2.81. The zero-order valence-electron chi connectivity index (χ0n) is 19.3. The normalized spacial score (nSPS) is 50.3. The number of carbonyl (C=O) groups is 1. The van der Waals surface area contributed by atoms with Crippen LogP contribution >= 0.6 is 0 Å². The van der Waals surface area contributed by atoms with E-state index in [1.165, 1.54) is 14.0 Å². The van der Waals surface area contributed by atoms with Crippen LogP contribution in [0.15, 0.2) is 11.1 Å². The van der Waals surface area contributed by atoms with E-state index in [1.54, 1.807) is 20.8 Å². The summed E-state index contributed by atoms with van der Waals surface area (Å²) in [7, 11) is 1.52. The van der Waals surface area contributed by atoms with Gasteiger partial charge in [-0.15, -0.1) is 0 Å². The molecule has 0 radical (unpaired) electrons. The second-order valence-corrected chi connectivity index (χ2v) is 10.9. The van der Waals surface area contributed by atoms with Crippen LogP contribution in [0.4, 0.5) is 0 Å². The number of aliphatic hydroxyl groups excluding tert-OH is 2. The average molecular weight is 443 g/mol. The number of carbonyl (C=O) groups excluding carboxylic acids is 1. The number of esters is 1. The number of fused-ring (bicyclic) bond motifs is 2. The number of hydrogen-bond donors (Lipinski definition) is 4. The van der Waals surface area contributed by atoms with Crippen molar-refractivity contribution in [1.82, 2.24) is 0 Å². The lowest BCUT2D eigenvalue weighted by Crippen LogP contribution is -2.58. The molecule has 2 bridgehead atoms. The zero-order valence-corrected chi connectivity index (χ0v) is 19.3. The van der Waals surface area contributed by atoms with Crippen molar-refractivity contribution < 1.29 is 40.2 Å². The van der Waals surface area contributed by atoms with Crippen LogP contribution in [0.1, 0.15) is 60.3 Å². The van der Waals surface area contributed by atoms with Crippen LogP contribution < -0.4 is 0 Å². The second-order valence-electron chi connectivity index (χ2n) is 10.9. The van der Waals surface area contributed by atoms with Gasteiger partial charge in [0.2, 0.25) is 0 Å². The van der Waals surface area contributed by atoms with Crippen molar-refractivity contribution in [2.45, 2.75) is 95.9 Å². The summed E-state index contributed by atoms with van der Waals surface area (Å²) in [6.45, 7) is 8.55. The maximum absolute atomic E-state index is 12.3. The highest BCUT2D eigenvalue weighted by molar-refractivity contribution is 5.66. The highest BCUT2D eigenvalue weighted by Gasteiger charge is 2.74. The summed E-state index contributed by atoms with van der Waals surface area (Å²) < 4.78 is 11.5. The van der Waals surface area contributed by atoms with Gasteiger partial charge in [0.25, 0.3) is 0 Å². The van der Waals surface area contributed by atoms with Crippen molar-refractivity contribution in [2.24, 2.45) is 22.7 Å². The van der Waals surface area contributed by atoms with E-state index in [9.17, 15) is 25.2 Å².